The zero-order chi connectivity index (χ0) is 19.3. The van der Waals surface area contributed by atoms with Gasteiger partial charge in [0.05, 0.1) is 13.3 Å². The van der Waals surface area contributed by atoms with Crippen molar-refractivity contribution in [1.82, 2.24) is 19.8 Å². The van der Waals surface area contributed by atoms with E-state index in [9.17, 15) is 14.0 Å². The van der Waals surface area contributed by atoms with E-state index in [0.29, 0.717) is 12.1 Å². The van der Waals surface area contributed by atoms with Crippen molar-refractivity contribution in [1.29, 1.82) is 0 Å². The number of fused-ring (bicyclic) bond motifs is 1. The summed E-state index contributed by atoms with van der Waals surface area (Å²) in [5.41, 5.74) is 6.83. The minimum atomic E-state index is -1.24. The predicted octanol–water partition coefficient (Wildman–Crippen LogP) is 1.20. The normalized spacial score (nSPS) is 10.2. The largest absolute Gasteiger partial charge is 0.477 e. The quantitative estimate of drug-likeness (QED) is 0.665. The molecule has 26 heavy (non-hydrogen) atoms. The van der Waals surface area contributed by atoms with Gasteiger partial charge in [-0.2, -0.15) is 4.52 Å². The maximum absolute atomic E-state index is 12.6. The fraction of sp³-hybridized carbons (Fsp3) is 0.188. The van der Waals surface area contributed by atoms with Gasteiger partial charge in [-0.15, -0.1) is 5.10 Å². The van der Waals surface area contributed by atoms with E-state index < -0.39 is 11.9 Å². The van der Waals surface area contributed by atoms with Gasteiger partial charge in [-0.05, 0) is 24.1 Å². The van der Waals surface area contributed by atoms with E-state index in [1.165, 1.54) is 19.4 Å². The van der Waals surface area contributed by atoms with E-state index in [0.717, 1.165) is 16.1 Å². The summed E-state index contributed by atoms with van der Waals surface area (Å²) in [7, 11) is 1.19. The number of hydrogen-bond acceptors (Lipinski definition) is 7. The fourth-order valence-corrected chi connectivity index (χ4v) is 2.02. The molecule has 0 saturated carbocycles. The van der Waals surface area contributed by atoms with Crippen LogP contribution in [0.2, 0.25) is 0 Å². The maximum atomic E-state index is 12.6. The number of carboxylic acid groups (broad SMARTS) is 1. The summed E-state index contributed by atoms with van der Waals surface area (Å²) < 4.78 is 18.2. The van der Waals surface area contributed by atoms with Crippen molar-refractivity contribution >= 4 is 17.6 Å². The minimum Gasteiger partial charge on any atom is -0.477 e. The summed E-state index contributed by atoms with van der Waals surface area (Å²) in [4.78, 5) is 25.9. The molecular weight excluding hydrogens is 345 g/mol. The zero-order valence-corrected chi connectivity index (χ0v) is 14.0. The highest BCUT2D eigenvalue weighted by molar-refractivity contribution is 5.92. The Kier molecular flexibility index (Phi) is 5.91. The van der Waals surface area contributed by atoms with Crippen molar-refractivity contribution in [2.45, 2.75) is 13.5 Å². The van der Waals surface area contributed by atoms with Crippen molar-refractivity contribution in [2.75, 3.05) is 7.11 Å². The SMILES string of the molecule is COC(=O)c1cc(C(=O)O)nc2cnnn12.Cc1cc(CN)ccc1F. The van der Waals surface area contributed by atoms with Crippen molar-refractivity contribution in [3.8, 4) is 0 Å². The minimum absolute atomic E-state index is 0.0394. The van der Waals surface area contributed by atoms with Crippen LogP contribution in [-0.4, -0.2) is 44.0 Å². The number of carbonyl (C=O) groups excluding carboxylic acids is 1. The molecule has 0 atom stereocenters. The number of carbonyl (C=O) groups is 2. The molecule has 9 nitrogen and oxygen atoms in total. The number of hydrogen-bond donors (Lipinski definition) is 2. The van der Waals surface area contributed by atoms with E-state index in [2.05, 4.69) is 20.0 Å². The molecule has 0 bridgehead atoms. The third kappa shape index (κ3) is 4.16. The fourth-order valence-electron chi connectivity index (χ4n) is 2.02. The molecule has 1 aromatic carbocycles. The Labute approximate surface area is 147 Å². The molecule has 0 unspecified atom stereocenters. The Bertz CT molecular complexity index is 957. The van der Waals surface area contributed by atoms with Crippen LogP contribution < -0.4 is 5.73 Å². The number of ether oxygens (including phenoxy) is 1. The lowest BCUT2D eigenvalue weighted by molar-refractivity contribution is 0.0590. The third-order valence-electron chi connectivity index (χ3n) is 3.34. The smallest absolute Gasteiger partial charge is 0.356 e. The Hall–Kier alpha value is -3.40. The van der Waals surface area contributed by atoms with Crippen LogP contribution in [0.5, 0.6) is 0 Å². The second-order valence-corrected chi connectivity index (χ2v) is 5.12. The molecular formula is C16H16FN5O4. The molecule has 0 saturated heterocycles. The Morgan fingerprint density at radius 3 is 2.65 bits per heavy atom. The van der Waals surface area contributed by atoms with Gasteiger partial charge in [0.1, 0.15) is 5.82 Å². The molecule has 3 rings (SSSR count). The van der Waals surface area contributed by atoms with E-state index in [1.807, 2.05) is 0 Å². The number of aromatic nitrogens is 4. The average molecular weight is 361 g/mol. The molecule has 0 radical (unpaired) electrons. The molecule has 2 heterocycles. The van der Waals surface area contributed by atoms with Crippen molar-refractivity contribution in [2.24, 2.45) is 5.73 Å². The monoisotopic (exact) mass is 361 g/mol. The van der Waals surface area contributed by atoms with Crippen LogP contribution in [0.1, 0.15) is 32.1 Å². The van der Waals surface area contributed by atoms with Crippen LogP contribution in [-0.2, 0) is 11.3 Å². The zero-order valence-electron chi connectivity index (χ0n) is 14.0. The highest BCUT2D eigenvalue weighted by Gasteiger charge is 2.17. The summed E-state index contributed by atoms with van der Waals surface area (Å²) in [5.74, 6) is -2.12. The second kappa shape index (κ2) is 8.12. The molecule has 0 aliphatic heterocycles. The lowest BCUT2D eigenvalue weighted by atomic mass is 10.1. The number of aromatic carboxylic acids is 1. The van der Waals surface area contributed by atoms with Gasteiger partial charge in [-0.1, -0.05) is 17.3 Å². The average Bonchev–Trinajstić information content (AvgIpc) is 3.11. The second-order valence-electron chi connectivity index (χ2n) is 5.12. The van der Waals surface area contributed by atoms with E-state index in [1.54, 1.807) is 19.1 Å². The predicted molar refractivity (Wildman–Crippen MR) is 88.1 cm³/mol. The first-order valence-corrected chi connectivity index (χ1v) is 7.35. The summed E-state index contributed by atoms with van der Waals surface area (Å²) in [5, 5.41) is 15.9. The number of rotatable bonds is 3. The van der Waals surface area contributed by atoms with Crippen molar-refractivity contribution < 1.29 is 23.8 Å². The molecule has 136 valence electrons. The van der Waals surface area contributed by atoms with Crippen LogP contribution in [0.3, 0.4) is 0 Å². The van der Waals surface area contributed by atoms with Crippen LogP contribution in [0.25, 0.3) is 5.65 Å². The molecule has 0 aliphatic rings. The lowest BCUT2D eigenvalue weighted by Gasteiger charge is -2.02. The number of halogens is 1. The molecule has 10 heteroatoms. The summed E-state index contributed by atoms with van der Waals surface area (Å²) >= 11 is 0. The molecule has 0 aliphatic carbocycles. The topological polar surface area (TPSA) is 133 Å². The van der Waals surface area contributed by atoms with Crippen molar-refractivity contribution in [3.05, 3.63) is 58.8 Å². The first-order valence-electron chi connectivity index (χ1n) is 7.35. The maximum Gasteiger partial charge on any atom is 0.356 e. The van der Waals surface area contributed by atoms with E-state index in [4.69, 9.17) is 10.8 Å². The van der Waals surface area contributed by atoms with Gasteiger partial charge in [0.15, 0.2) is 17.0 Å². The summed E-state index contributed by atoms with van der Waals surface area (Å²) in [6, 6.07) is 5.98. The number of carboxylic acids is 1. The molecule has 0 amide bonds. The van der Waals surface area contributed by atoms with Gasteiger partial charge < -0.3 is 15.6 Å². The molecule has 0 spiro atoms. The van der Waals surface area contributed by atoms with Gasteiger partial charge >= 0.3 is 11.9 Å². The van der Waals surface area contributed by atoms with Gasteiger partial charge in [-0.25, -0.2) is 19.0 Å². The Morgan fingerprint density at radius 2 is 2.08 bits per heavy atom. The number of esters is 1. The Morgan fingerprint density at radius 1 is 1.35 bits per heavy atom. The van der Waals surface area contributed by atoms with E-state index in [-0.39, 0.29) is 22.9 Å². The van der Waals surface area contributed by atoms with Crippen LogP contribution in [0.4, 0.5) is 4.39 Å². The molecule has 2 aromatic heterocycles. The number of nitrogens with zero attached hydrogens (tertiary/aromatic N) is 4. The van der Waals surface area contributed by atoms with E-state index >= 15 is 0 Å². The van der Waals surface area contributed by atoms with Crippen molar-refractivity contribution in [3.63, 3.8) is 0 Å². The van der Waals surface area contributed by atoms with Gasteiger partial charge in [-0.3, -0.25) is 0 Å². The summed E-state index contributed by atoms with van der Waals surface area (Å²) in [6.45, 7) is 2.20. The molecule has 3 N–H and O–H groups in total. The first kappa shape index (κ1) is 18.9. The highest BCUT2D eigenvalue weighted by atomic mass is 19.1. The Balaban J connectivity index is 0.000000209. The number of methoxy groups -OCH3 is 1. The van der Waals surface area contributed by atoms with Gasteiger partial charge in [0, 0.05) is 12.6 Å². The molecule has 0 fully saturated rings. The number of benzene rings is 1. The van der Waals surface area contributed by atoms with Crippen LogP contribution in [0, 0.1) is 12.7 Å². The lowest BCUT2D eigenvalue weighted by Crippen LogP contribution is -2.13. The highest BCUT2D eigenvalue weighted by Crippen LogP contribution is 2.08. The van der Waals surface area contributed by atoms with Crippen LogP contribution in [0.15, 0.2) is 30.5 Å². The van der Waals surface area contributed by atoms with Gasteiger partial charge in [0.2, 0.25) is 0 Å². The standard InChI is InChI=1S/C8H10FN.C8H6N4O4/c1-6-4-7(5-10)2-3-8(6)9;1-16-8(15)5-2-4(7(13)14)10-6-3-9-11-12(5)6/h2-4H,5,10H2,1H3;2-3H,1H3,(H,13,14). The summed E-state index contributed by atoms with van der Waals surface area (Å²) in [6.07, 6.45) is 1.25. The third-order valence-corrected chi connectivity index (χ3v) is 3.34. The first-order chi connectivity index (χ1) is 12.4. The van der Waals surface area contributed by atoms with Crippen LogP contribution >= 0.6 is 0 Å². The van der Waals surface area contributed by atoms with Gasteiger partial charge in [0.25, 0.3) is 0 Å². The molecule has 3 aromatic rings. The number of aryl methyl sites for hydroxylation is 1. The number of nitrogens with two attached hydrogens (primary N) is 1.